The van der Waals surface area contributed by atoms with E-state index in [1.54, 1.807) is 18.2 Å². The number of aryl methyl sites for hydroxylation is 2. The molecule has 5 rings (SSSR count). The Morgan fingerprint density at radius 2 is 1.33 bits per heavy atom. The van der Waals surface area contributed by atoms with Crippen LogP contribution in [0, 0.1) is 13.8 Å². The Morgan fingerprint density at radius 1 is 0.721 bits per heavy atom. The van der Waals surface area contributed by atoms with Crippen LogP contribution in [0.2, 0.25) is 0 Å². The van der Waals surface area contributed by atoms with E-state index >= 15 is 0 Å². The van der Waals surface area contributed by atoms with Crippen LogP contribution >= 0.6 is 11.9 Å². The Balaban J connectivity index is 1.42. The number of carbonyl (C=O) groups is 1. The van der Waals surface area contributed by atoms with Gasteiger partial charge in [0.2, 0.25) is 0 Å². The largest absolute Gasteiger partial charge is 0.465 e. The van der Waals surface area contributed by atoms with Gasteiger partial charge in [-0.05, 0) is 92.0 Å². The highest BCUT2D eigenvalue weighted by atomic mass is 32.2. The first-order valence-electron chi connectivity index (χ1n) is 13.4. The summed E-state index contributed by atoms with van der Waals surface area (Å²) in [4.78, 5) is 13.8. The number of anilines is 2. The molecule has 0 atom stereocenters. The fourth-order valence-corrected chi connectivity index (χ4v) is 6.02. The first-order chi connectivity index (χ1) is 20.7. The molecule has 5 aromatic carbocycles. The number of hydrogen-bond acceptors (Lipinski definition) is 7. The lowest BCUT2D eigenvalue weighted by Gasteiger charge is -2.16. The summed E-state index contributed by atoms with van der Waals surface area (Å²) in [6, 6.07) is 34.9. The summed E-state index contributed by atoms with van der Waals surface area (Å²) in [5, 5.41) is 0. The summed E-state index contributed by atoms with van der Waals surface area (Å²) in [6.45, 7) is 3.93. The molecule has 0 amide bonds. The maximum absolute atomic E-state index is 13.0. The zero-order chi connectivity index (χ0) is 30.4. The van der Waals surface area contributed by atoms with Crippen molar-refractivity contribution in [3.05, 3.63) is 132 Å². The SMILES string of the molecule is COC(=O)c1cc(Oc2ccc(NSc3ccc(C)cc3)c(-c3ccccc3)c2)ccc1NS(=O)(=O)c1ccc(C)cc1. The Morgan fingerprint density at radius 3 is 1.98 bits per heavy atom. The van der Waals surface area contributed by atoms with Crippen LogP contribution in [0.3, 0.4) is 0 Å². The lowest BCUT2D eigenvalue weighted by atomic mass is 10.0. The van der Waals surface area contributed by atoms with Gasteiger partial charge in [-0.2, -0.15) is 0 Å². The van der Waals surface area contributed by atoms with Crippen LogP contribution < -0.4 is 14.2 Å². The molecule has 2 N–H and O–H groups in total. The number of rotatable bonds is 10. The van der Waals surface area contributed by atoms with Gasteiger partial charge in [-0.15, -0.1) is 0 Å². The summed E-state index contributed by atoms with van der Waals surface area (Å²) >= 11 is 1.52. The lowest BCUT2D eigenvalue weighted by molar-refractivity contribution is 0.0601. The third-order valence-corrected chi connectivity index (χ3v) is 8.79. The third kappa shape index (κ3) is 7.38. The molecule has 9 heteroatoms. The molecule has 0 fully saturated rings. The van der Waals surface area contributed by atoms with Crippen LogP contribution in [0.1, 0.15) is 21.5 Å². The molecule has 0 aliphatic carbocycles. The van der Waals surface area contributed by atoms with E-state index in [1.807, 2.05) is 55.5 Å². The highest BCUT2D eigenvalue weighted by Crippen LogP contribution is 2.37. The molecule has 0 aromatic heterocycles. The van der Waals surface area contributed by atoms with Gasteiger partial charge in [0.15, 0.2) is 0 Å². The number of esters is 1. The number of methoxy groups -OCH3 is 1. The lowest BCUT2D eigenvalue weighted by Crippen LogP contribution is -2.16. The minimum atomic E-state index is -3.94. The number of nitrogens with one attached hydrogen (secondary N) is 2. The molecular formula is C34H30N2O5S2. The second-order valence-electron chi connectivity index (χ2n) is 9.81. The van der Waals surface area contributed by atoms with E-state index in [0.717, 1.165) is 27.3 Å². The monoisotopic (exact) mass is 610 g/mol. The summed E-state index contributed by atoms with van der Waals surface area (Å²) in [5.41, 5.74) is 5.05. The highest BCUT2D eigenvalue weighted by molar-refractivity contribution is 8.00. The highest BCUT2D eigenvalue weighted by Gasteiger charge is 2.20. The topological polar surface area (TPSA) is 93.7 Å². The van der Waals surface area contributed by atoms with Gasteiger partial charge in [0.05, 0.1) is 28.9 Å². The Bertz CT molecular complexity index is 1840. The predicted molar refractivity (Wildman–Crippen MR) is 172 cm³/mol. The molecule has 0 heterocycles. The molecule has 0 saturated heterocycles. The van der Waals surface area contributed by atoms with Crippen LogP contribution in [0.4, 0.5) is 11.4 Å². The zero-order valence-electron chi connectivity index (χ0n) is 23.8. The van der Waals surface area contributed by atoms with Gasteiger partial charge in [0, 0.05) is 10.5 Å². The molecule has 0 spiro atoms. The van der Waals surface area contributed by atoms with Crippen molar-refractivity contribution < 1.29 is 22.7 Å². The van der Waals surface area contributed by atoms with Gasteiger partial charge in [-0.25, -0.2) is 13.2 Å². The van der Waals surface area contributed by atoms with E-state index in [1.165, 1.54) is 48.9 Å². The van der Waals surface area contributed by atoms with Gasteiger partial charge in [-0.3, -0.25) is 4.72 Å². The standard InChI is InChI=1S/C34H30N2O5S2/c1-23-9-15-28(16-10-23)42-35-32-19-13-26(21-30(32)25-7-5-4-6-8-25)41-27-14-20-33(31(22-27)34(37)40-3)36-43(38,39)29-17-11-24(2)12-18-29/h4-22,35-36H,1-3H3. The van der Waals surface area contributed by atoms with Crippen molar-refractivity contribution in [1.82, 2.24) is 0 Å². The second kappa shape index (κ2) is 13.1. The maximum Gasteiger partial charge on any atom is 0.340 e. The minimum Gasteiger partial charge on any atom is -0.465 e. The smallest absolute Gasteiger partial charge is 0.340 e. The van der Waals surface area contributed by atoms with Crippen LogP contribution in [0.15, 0.2) is 125 Å². The maximum atomic E-state index is 13.0. The molecular weight excluding hydrogens is 581 g/mol. The molecule has 0 aliphatic heterocycles. The van der Waals surface area contributed by atoms with Crippen LogP contribution in [0.5, 0.6) is 11.5 Å². The number of hydrogen-bond donors (Lipinski definition) is 2. The molecule has 5 aromatic rings. The Kier molecular flexibility index (Phi) is 9.04. The van der Waals surface area contributed by atoms with E-state index in [0.29, 0.717) is 11.5 Å². The van der Waals surface area contributed by atoms with Gasteiger partial charge >= 0.3 is 5.97 Å². The summed E-state index contributed by atoms with van der Waals surface area (Å²) in [5.74, 6) is 0.172. The van der Waals surface area contributed by atoms with Crippen molar-refractivity contribution in [2.75, 3.05) is 16.6 Å². The van der Waals surface area contributed by atoms with Crippen LogP contribution in [-0.2, 0) is 14.8 Å². The molecule has 0 unspecified atom stereocenters. The van der Waals surface area contributed by atoms with Gasteiger partial charge < -0.3 is 14.2 Å². The van der Waals surface area contributed by atoms with E-state index in [9.17, 15) is 13.2 Å². The number of sulfonamides is 1. The fourth-order valence-electron chi connectivity index (χ4n) is 4.26. The van der Waals surface area contributed by atoms with Crippen molar-refractivity contribution in [1.29, 1.82) is 0 Å². The average molecular weight is 611 g/mol. The van der Waals surface area contributed by atoms with Crippen molar-refractivity contribution in [3.8, 4) is 22.6 Å². The molecule has 7 nitrogen and oxygen atoms in total. The van der Waals surface area contributed by atoms with Gasteiger partial charge in [-0.1, -0.05) is 65.7 Å². The molecule has 0 radical (unpaired) electrons. The number of ether oxygens (including phenoxy) is 2. The quantitative estimate of drug-likeness (QED) is 0.121. The average Bonchev–Trinajstić information content (AvgIpc) is 3.02. The van der Waals surface area contributed by atoms with Crippen molar-refractivity contribution in [2.24, 2.45) is 0 Å². The minimum absolute atomic E-state index is 0.0201. The first-order valence-corrected chi connectivity index (χ1v) is 15.7. The van der Waals surface area contributed by atoms with Crippen LogP contribution in [-0.4, -0.2) is 21.5 Å². The first kappa shape index (κ1) is 29.8. The van der Waals surface area contributed by atoms with E-state index < -0.39 is 16.0 Å². The molecule has 0 bridgehead atoms. The molecule has 0 saturated carbocycles. The molecule has 0 aliphatic rings. The number of benzene rings is 5. The van der Waals surface area contributed by atoms with E-state index in [2.05, 4.69) is 40.6 Å². The second-order valence-corrected chi connectivity index (χ2v) is 12.4. The predicted octanol–water partition coefficient (Wildman–Crippen LogP) is 8.47. The molecule has 218 valence electrons. The summed E-state index contributed by atoms with van der Waals surface area (Å²) in [7, 11) is -2.71. The fraction of sp³-hybridized carbons (Fsp3) is 0.0882. The molecule has 43 heavy (non-hydrogen) atoms. The Labute approximate surface area is 256 Å². The summed E-state index contributed by atoms with van der Waals surface area (Å²) < 4.78 is 43.1. The van der Waals surface area contributed by atoms with Crippen molar-refractivity contribution in [2.45, 2.75) is 23.6 Å². The van der Waals surface area contributed by atoms with Crippen molar-refractivity contribution in [3.63, 3.8) is 0 Å². The van der Waals surface area contributed by atoms with Crippen LogP contribution in [0.25, 0.3) is 11.1 Å². The zero-order valence-corrected chi connectivity index (χ0v) is 25.5. The van der Waals surface area contributed by atoms with Gasteiger partial charge in [0.25, 0.3) is 10.0 Å². The van der Waals surface area contributed by atoms with Gasteiger partial charge in [0.1, 0.15) is 11.5 Å². The third-order valence-electron chi connectivity index (χ3n) is 6.58. The Hall–Kier alpha value is -4.73. The van der Waals surface area contributed by atoms with E-state index in [-0.39, 0.29) is 16.1 Å². The normalized spacial score (nSPS) is 11.0. The van der Waals surface area contributed by atoms with Crippen molar-refractivity contribution >= 4 is 39.3 Å². The van der Waals surface area contributed by atoms with E-state index in [4.69, 9.17) is 9.47 Å². The number of carbonyl (C=O) groups excluding carboxylic acids is 1. The summed E-state index contributed by atoms with van der Waals surface area (Å²) in [6.07, 6.45) is 0.